The number of ether oxygens (including phenoxy) is 1. The van der Waals surface area contributed by atoms with E-state index >= 15 is 0 Å². The van der Waals surface area contributed by atoms with E-state index in [1.807, 2.05) is 0 Å². The summed E-state index contributed by atoms with van der Waals surface area (Å²) in [6.45, 7) is 1.05. The Morgan fingerprint density at radius 2 is 1.83 bits per heavy atom. The Balaban J connectivity index is 2.52. The number of hydrogen-bond donors (Lipinski definition) is 1. The molecule has 0 unspecified atom stereocenters. The second-order valence-electron chi connectivity index (χ2n) is 5.01. The number of anilines is 1. The van der Waals surface area contributed by atoms with E-state index in [2.05, 4.69) is 0 Å². The molecule has 0 aromatic heterocycles. The van der Waals surface area contributed by atoms with Gasteiger partial charge in [-0.1, -0.05) is 17.7 Å². The highest BCUT2D eigenvalue weighted by Gasteiger charge is 2.27. The molecule has 0 spiro atoms. The van der Waals surface area contributed by atoms with Crippen LogP contribution in [0.3, 0.4) is 0 Å². The van der Waals surface area contributed by atoms with E-state index in [-0.39, 0.29) is 10.6 Å². The molecule has 2 aromatic rings. The van der Waals surface area contributed by atoms with Gasteiger partial charge in [0.25, 0.3) is 10.0 Å². The first-order valence-electron chi connectivity index (χ1n) is 6.90. The number of carboxylic acid groups (broad SMARTS) is 1. The lowest BCUT2D eigenvalue weighted by atomic mass is 10.2. The molecule has 0 radical (unpaired) electrons. The normalized spacial score (nSPS) is 11.1. The molecule has 2 rings (SSSR count). The summed E-state index contributed by atoms with van der Waals surface area (Å²) < 4.78 is 31.5. The van der Waals surface area contributed by atoms with E-state index in [1.54, 1.807) is 13.0 Å². The van der Waals surface area contributed by atoms with Crippen LogP contribution in [0.25, 0.3) is 0 Å². The van der Waals surface area contributed by atoms with Crippen molar-refractivity contribution in [2.45, 2.75) is 11.8 Å². The average Bonchev–Trinajstić information content (AvgIpc) is 2.55. The maximum Gasteiger partial charge on any atom is 0.324 e. The Bertz CT molecular complexity index is 849. The van der Waals surface area contributed by atoms with Crippen molar-refractivity contribution in [1.82, 2.24) is 0 Å². The predicted octanol–water partition coefficient (Wildman–Crippen LogP) is 2.94. The van der Waals surface area contributed by atoms with Crippen molar-refractivity contribution in [3.63, 3.8) is 0 Å². The van der Waals surface area contributed by atoms with E-state index in [1.165, 1.54) is 43.5 Å². The van der Waals surface area contributed by atoms with Crippen LogP contribution < -0.4 is 9.04 Å². The van der Waals surface area contributed by atoms with Crippen molar-refractivity contribution >= 4 is 33.3 Å². The summed E-state index contributed by atoms with van der Waals surface area (Å²) in [6, 6.07) is 10.3. The zero-order valence-corrected chi connectivity index (χ0v) is 14.6. The standard InChI is InChI=1S/C16H16ClNO5S/c1-11-3-4-12(9-15(11)17)18(10-16(19)20)24(21,22)14-7-5-13(23-2)6-8-14/h3-9H,10H2,1-2H3,(H,19,20). The van der Waals surface area contributed by atoms with Gasteiger partial charge in [0, 0.05) is 5.02 Å². The molecular formula is C16H16ClNO5S. The minimum Gasteiger partial charge on any atom is -0.497 e. The molecule has 128 valence electrons. The minimum atomic E-state index is -4.07. The Hall–Kier alpha value is -2.25. The third-order valence-corrected chi connectivity index (χ3v) is 5.56. The number of methoxy groups -OCH3 is 1. The van der Waals surface area contributed by atoms with Gasteiger partial charge in [0.2, 0.25) is 0 Å². The first kappa shape index (κ1) is 18.1. The second kappa shape index (κ2) is 7.11. The van der Waals surface area contributed by atoms with Crippen LogP contribution >= 0.6 is 11.6 Å². The second-order valence-corrected chi connectivity index (χ2v) is 7.28. The number of hydrogen-bond acceptors (Lipinski definition) is 4. The summed E-state index contributed by atoms with van der Waals surface area (Å²) in [6.07, 6.45) is 0. The zero-order valence-electron chi connectivity index (χ0n) is 13.1. The van der Waals surface area contributed by atoms with Crippen molar-refractivity contribution in [2.75, 3.05) is 18.0 Å². The molecule has 0 heterocycles. The molecule has 0 atom stereocenters. The van der Waals surface area contributed by atoms with Crippen LogP contribution in [0.2, 0.25) is 5.02 Å². The number of nitrogens with zero attached hydrogens (tertiary/aromatic N) is 1. The van der Waals surface area contributed by atoms with E-state index < -0.39 is 22.5 Å². The summed E-state index contributed by atoms with van der Waals surface area (Å²) in [7, 11) is -2.60. The number of aliphatic carboxylic acids is 1. The first-order valence-corrected chi connectivity index (χ1v) is 8.72. The van der Waals surface area contributed by atoms with Crippen molar-refractivity contribution in [2.24, 2.45) is 0 Å². The third kappa shape index (κ3) is 3.80. The lowest BCUT2D eigenvalue weighted by Gasteiger charge is -2.23. The van der Waals surface area contributed by atoms with Gasteiger partial charge in [-0.3, -0.25) is 9.10 Å². The number of benzene rings is 2. The Morgan fingerprint density at radius 1 is 1.21 bits per heavy atom. The molecule has 1 N–H and O–H groups in total. The molecule has 24 heavy (non-hydrogen) atoms. The van der Waals surface area contributed by atoms with Crippen LogP contribution in [-0.2, 0) is 14.8 Å². The topological polar surface area (TPSA) is 83.9 Å². The van der Waals surface area contributed by atoms with Crippen molar-refractivity contribution < 1.29 is 23.1 Å². The molecule has 2 aromatic carbocycles. The van der Waals surface area contributed by atoms with Gasteiger partial charge in [-0.05, 0) is 48.9 Å². The summed E-state index contributed by atoms with van der Waals surface area (Å²) in [5.74, 6) is -0.777. The number of carbonyl (C=O) groups is 1. The van der Waals surface area contributed by atoms with Crippen LogP contribution in [0, 0.1) is 6.92 Å². The van der Waals surface area contributed by atoms with Gasteiger partial charge in [-0.2, -0.15) is 0 Å². The molecule has 0 bridgehead atoms. The Kier molecular flexibility index (Phi) is 5.36. The molecule has 0 amide bonds. The van der Waals surface area contributed by atoms with Crippen LogP contribution in [0.15, 0.2) is 47.4 Å². The van der Waals surface area contributed by atoms with E-state index in [9.17, 15) is 13.2 Å². The maximum absolute atomic E-state index is 12.8. The Morgan fingerprint density at radius 3 is 2.33 bits per heavy atom. The minimum absolute atomic E-state index is 0.0405. The van der Waals surface area contributed by atoms with Crippen molar-refractivity contribution in [3.8, 4) is 5.75 Å². The van der Waals surface area contributed by atoms with Gasteiger partial charge in [-0.25, -0.2) is 8.42 Å². The van der Waals surface area contributed by atoms with Gasteiger partial charge in [0.15, 0.2) is 0 Å². The number of rotatable bonds is 6. The fourth-order valence-electron chi connectivity index (χ4n) is 2.05. The third-order valence-electron chi connectivity index (χ3n) is 3.37. The van der Waals surface area contributed by atoms with Gasteiger partial charge in [-0.15, -0.1) is 0 Å². The van der Waals surface area contributed by atoms with Gasteiger partial charge >= 0.3 is 5.97 Å². The molecular weight excluding hydrogens is 354 g/mol. The van der Waals surface area contributed by atoms with E-state index in [4.69, 9.17) is 21.4 Å². The van der Waals surface area contributed by atoms with Gasteiger partial charge in [0.1, 0.15) is 12.3 Å². The highest BCUT2D eigenvalue weighted by Crippen LogP contribution is 2.28. The highest BCUT2D eigenvalue weighted by molar-refractivity contribution is 7.92. The summed E-state index contributed by atoms with van der Waals surface area (Å²) >= 11 is 6.04. The molecule has 0 aliphatic rings. The lowest BCUT2D eigenvalue weighted by Crippen LogP contribution is -2.35. The van der Waals surface area contributed by atoms with Crippen LogP contribution in [0.5, 0.6) is 5.75 Å². The summed E-state index contributed by atoms with van der Waals surface area (Å²) in [5.41, 5.74) is 0.946. The fourth-order valence-corrected chi connectivity index (χ4v) is 3.63. The van der Waals surface area contributed by atoms with Crippen LogP contribution in [-0.4, -0.2) is 33.1 Å². The zero-order chi connectivity index (χ0) is 17.9. The molecule has 0 aliphatic heterocycles. The van der Waals surface area contributed by atoms with Crippen molar-refractivity contribution in [3.05, 3.63) is 53.1 Å². The summed E-state index contributed by atoms with van der Waals surface area (Å²) in [4.78, 5) is 11.1. The van der Waals surface area contributed by atoms with Crippen LogP contribution in [0.4, 0.5) is 5.69 Å². The molecule has 0 fully saturated rings. The summed E-state index contributed by atoms with van der Waals surface area (Å²) in [5, 5.41) is 9.46. The molecule has 0 saturated heterocycles. The lowest BCUT2D eigenvalue weighted by molar-refractivity contribution is -0.135. The quantitative estimate of drug-likeness (QED) is 0.846. The molecule has 0 aliphatic carbocycles. The number of aryl methyl sites for hydroxylation is 1. The largest absolute Gasteiger partial charge is 0.497 e. The highest BCUT2D eigenvalue weighted by atomic mass is 35.5. The van der Waals surface area contributed by atoms with Crippen molar-refractivity contribution in [1.29, 1.82) is 0 Å². The van der Waals surface area contributed by atoms with Gasteiger partial charge in [0.05, 0.1) is 17.7 Å². The molecule has 8 heteroatoms. The first-order chi connectivity index (χ1) is 11.3. The predicted molar refractivity (Wildman–Crippen MR) is 91.4 cm³/mol. The van der Waals surface area contributed by atoms with E-state index in [0.717, 1.165) is 9.87 Å². The SMILES string of the molecule is COc1ccc(S(=O)(=O)N(CC(=O)O)c2ccc(C)c(Cl)c2)cc1. The fraction of sp³-hybridized carbons (Fsp3) is 0.188. The number of carboxylic acids is 1. The molecule has 6 nitrogen and oxygen atoms in total. The molecule has 0 saturated carbocycles. The van der Waals surface area contributed by atoms with E-state index in [0.29, 0.717) is 10.8 Å². The number of halogens is 1. The maximum atomic E-state index is 12.8. The number of sulfonamides is 1. The smallest absolute Gasteiger partial charge is 0.324 e. The average molecular weight is 370 g/mol. The Labute approximate surface area is 145 Å². The van der Waals surface area contributed by atoms with Gasteiger partial charge < -0.3 is 9.84 Å². The monoisotopic (exact) mass is 369 g/mol. The van der Waals surface area contributed by atoms with Crippen LogP contribution in [0.1, 0.15) is 5.56 Å².